The van der Waals surface area contributed by atoms with Crippen molar-refractivity contribution in [1.82, 2.24) is 4.98 Å². The van der Waals surface area contributed by atoms with Crippen LogP contribution in [-0.4, -0.2) is 4.98 Å². The maximum atomic E-state index is 13.0. The highest BCUT2D eigenvalue weighted by Crippen LogP contribution is 2.32. The lowest BCUT2D eigenvalue weighted by Crippen LogP contribution is -2.00. The first-order valence-electron chi connectivity index (χ1n) is 5.28. The Morgan fingerprint density at radius 1 is 1.28 bits per heavy atom. The number of rotatable bonds is 3. The highest BCUT2D eigenvalue weighted by Gasteiger charge is 2.10. The van der Waals surface area contributed by atoms with Crippen LogP contribution in [0.4, 0.5) is 10.1 Å². The molecule has 1 aromatic carbocycles. The van der Waals surface area contributed by atoms with Crippen molar-refractivity contribution in [3.05, 3.63) is 43.6 Å². The van der Waals surface area contributed by atoms with E-state index >= 15 is 0 Å². The molecule has 0 radical (unpaired) electrons. The molecule has 2 nitrogen and oxygen atoms in total. The lowest BCUT2D eigenvalue weighted by molar-refractivity contribution is 0.628. The van der Waals surface area contributed by atoms with E-state index in [9.17, 15) is 4.39 Å². The van der Waals surface area contributed by atoms with Crippen molar-refractivity contribution in [2.45, 2.75) is 20.4 Å². The van der Waals surface area contributed by atoms with Crippen LogP contribution >= 0.6 is 34.5 Å². The Morgan fingerprint density at radius 2 is 1.89 bits per heavy atom. The van der Waals surface area contributed by atoms with Gasteiger partial charge in [-0.2, -0.15) is 0 Å². The van der Waals surface area contributed by atoms with Crippen LogP contribution in [0.3, 0.4) is 0 Å². The molecule has 96 valence electrons. The number of aryl methyl sites for hydroxylation is 2. The summed E-state index contributed by atoms with van der Waals surface area (Å²) in [5.41, 5.74) is 1.53. The fourth-order valence-electron chi connectivity index (χ4n) is 1.62. The number of nitrogens with zero attached hydrogens (tertiary/aromatic N) is 1. The van der Waals surface area contributed by atoms with Crippen LogP contribution in [0.2, 0.25) is 10.0 Å². The summed E-state index contributed by atoms with van der Waals surface area (Å²) in [6, 6.07) is 2.47. The molecule has 2 rings (SSSR count). The van der Waals surface area contributed by atoms with Gasteiger partial charge in [0.05, 0.1) is 33.0 Å². The number of aromatic nitrogens is 1. The van der Waals surface area contributed by atoms with Gasteiger partial charge in [0.25, 0.3) is 0 Å². The first kappa shape index (κ1) is 13.6. The molecule has 0 bridgehead atoms. The van der Waals surface area contributed by atoms with Crippen LogP contribution in [-0.2, 0) is 6.54 Å². The second-order valence-corrected chi connectivity index (χ2v) is 5.94. The molecular weight excluding hydrogens is 294 g/mol. The lowest BCUT2D eigenvalue weighted by Gasteiger charge is -2.09. The van der Waals surface area contributed by atoms with Crippen LogP contribution in [0.15, 0.2) is 12.1 Å². The van der Waals surface area contributed by atoms with Gasteiger partial charge in [-0.15, -0.1) is 11.3 Å². The summed E-state index contributed by atoms with van der Waals surface area (Å²) in [5, 5.41) is 4.69. The first-order valence-corrected chi connectivity index (χ1v) is 6.86. The van der Waals surface area contributed by atoms with Gasteiger partial charge >= 0.3 is 0 Å². The van der Waals surface area contributed by atoms with Gasteiger partial charge in [0.15, 0.2) is 0 Å². The second kappa shape index (κ2) is 5.43. The van der Waals surface area contributed by atoms with Gasteiger partial charge < -0.3 is 5.32 Å². The predicted octanol–water partition coefficient (Wildman–Crippen LogP) is 4.82. The summed E-state index contributed by atoms with van der Waals surface area (Å²) >= 11 is 13.5. The number of halogens is 3. The summed E-state index contributed by atoms with van der Waals surface area (Å²) in [5.74, 6) is -0.444. The van der Waals surface area contributed by atoms with Crippen LogP contribution in [0.25, 0.3) is 0 Å². The van der Waals surface area contributed by atoms with E-state index in [1.165, 1.54) is 12.1 Å². The summed E-state index contributed by atoms with van der Waals surface area (Å²) in [4.78, 5) is 5.45. The Balaban J connectivity index is 2.18. The molecule has 0 amide bonds. The van der Waals surface area contributed by atoms with Crippen molar-refractivity contribution < 1.29 is 4.39 Å². The molecule has 0 atom stereocenters. The zero-order chi connectivity index (χ0) is 13.3. The minimum Gasteiger partial charge on any atom is -0.378 e. The second-order valence-electron chi connectivity index (χ2n) is 3.84. The number of hydrogen-bond acceptors (Lipinski definition) is 3. The van der Waals surface area contributed by atoms with Gasteiger partial charge in [-0.05, 0) is 26.0 Å². The summed E-state index contributed by atoms with van der Waals surface area (Å²) < 4.78 is 13.0. The Labute approximate surface area is 119 Å². The number of hydrogen-bond donors (Lipinski definition) is 1. The molecule has 1 N–H and O–H groups in total. The number of nitrogens with one attached hydrogen (secondary N) is 1. The quantitative estimate of drug-likeness (QED) is 0.879. The highest BCUT2D eigenvalue weighted by atomic mass is 35.5. The molecule has 0 unspecified atom stereocenters. The molecule has 18 heavy (non-hydrogen) atoms. The molecule has 0 aliphatic heterocycles. The largest absolute Gasteiger partial charge is 0.378 e. The number of anilines is 1. The van der Waals surface area contributed by atoms with E-state index in [0.29, 0.717) is 12.2 Å². The maximum absolute atomic E-state index is 13.0. The highest BCUT2D eigenvalue weighted by molar-refractivity contribution is 7.11. The third-order valence-corrected chi connectivity index (χ3v) is 4.10. The Morgan fingerprint density at radius 3 is 2.39 bits per heavy atom. The SMILES string of the molecule is Cc1nc(C)c(CNc2c(Cl)cc(F)cc2Cl)s1. The Bertz CT molecular complexity index is 560. The summed E-state index contributed by atoms with van der Waals surface area (Å²) in [6.07, 6.45) is 0. The zero-order valence-corrected chi connectivity index (χ0v) is 12.2. The van der Waals surface area contributed by atoms with Crippen molar-refractivity contribution in [2.75, 3.05) is 5.32 Å². The van der Waals surface area contributed by atoms with Crippen molar-refractivity contribution in [3.8, 4) is 0 Å². The maximum Gasteiger partial charge on any atom is 0.126 e. The predicted molar refractivity (Wildman–Crippen MR) is 75.3 cm³/mol. The van der Waals surface area contributed by atoms with E-state index in [-0.39, 0.29) is 10.0 Å². The molecule has 0 spiro atoms. The summed E-state index contributed by atoms with van der Waals surface area (Å²) in [7, 11) is 0. The number of thiazole rings is 1. The lowest BCUT2D eigenvalue weighted by atomic mass is 10.3. The normalized spacial score (nSPS) is 10.7. The van der Waals surface area contributed by atoms with Gasteiger partial charge in [-0.3, -0.25) is 0 Å². The zero-order valence-electron chi connectivity index (χ0n) is 9.85. The van der Waals surface area contributed by atoms with Gasteiger partial charge in [-0.1, -0.05) is 23.2 Å². The van der Waals surface area contributed by atoms with Gasteiger partial charge in [0, 0.05) is 4.88 Å². The van der Waals surface area contributed by atoms with E-state index in [2.05, 4.69) is 10.3 Å². The van der Waals surface area contributed by atoms with Crippen LogP contribution in [0, 0.1) is 19.7 Å². The van der Waals surface area contributed by atoms with Crippen LogP contribution in [0.5, 0.6) is 0 Å². The topological polar surface area (TPSA) is 24.9 Å². The van der Waals surface area contributed by atoms with Crippen molar-refractivity contribution in [2.24, 2.45) is 0 Å². The van der Waals surface area contributed by atoms with Gasteiger partial charge in [0.1, 0.15) is 5.82 Å². The molecule has 0 fully saturated rings. The average Bonchev–Trinajstić information content (AvgIpc) is 2.55. The monoisotopic (exact) mass is 304 g/mol. The van der Waals surface area contributed by atoms with Crippen LogP contribution in [0.1, 0.15) is 15.6 Å². The van der Waals surface area contributed by atoms with Crippen molar-refractivity contribution in [3.63, 3.8) is 0 Å². The average molecular weight is 305 g/mol. The fraction of sp³-hybridized carbons (Fsp3) is 0.250. The minimum absolute atomic E-state index is 0.277. The van der Waals surface area contributed by atoms with E-state index < -0.39 is 5.82 Å². The first-order chi connectivity index (χ1) is 8.47. The molecule has 6 heteroatoms. The molecule has 2 aromatic rings. The Hall–Kier alpha value is -0.840. The number of benzene rings is 1. The minimum atomic E-state index is -0.444. The molecule has 0 aliphatic rings. The summed E-state index contributed by atoms with van der Waals surface area (Å²) in [6.45, 7) is 4.48. The van der Waals surface area contributed by atoms with Crippen molar-refractivity contribution >= 4 is 40.2 Å². The van der Waals surface area contributed by atoms with Gasteiger partial charge in [-0.25, -0.2) is 9.37 Å². The fourth-order valence-corrected chi connectivity index (χ4v) is 3.09. The van der Waals surface area contributed by atoms with E-state index in [1.807, 2.05) is 13.8 Å². The standard InChI is InChI=1S/C12H11Cl2FN2S/c1-6-11(18-7(2)17-6)5-16-12-9(13)3-8(15)4-10(12)14/h3-4,16H,5H2,1-2H3. The molecule has 1 aromatic heterocycles. The smallest absolute Gasteiger partial charge is 0.126 e. The molecule has 0 aliphatic carbocycles. The molecule has 0 saturated carbocycles. The van der Waals surface area contributed by atoms with E-state index in [4.69, 9.17) is 23.2 Å². The van der Waals surface area contributed by atoms with Crippen LogP contribution < -0.4 is 5.32 Å². The third-order valence-electron chi connectivity index (χ3n) is 2.43. The molecule has 1 heterocycles. The molecular formula is C12H11Cl2FN2S. The molecule has 0 saturated heterocycles. The van der Waals surface area contributed by atoms with E-state index in [1.54, 1.807) is 11.3 Å². The van der Waals surface area contributed by atoms with Crippen molar-refractivity contribution in [1.29, 1.82) is 0 Å². The van der Waals surface area contributed by atoms with Gasteiger partial charge in [0.2, 0.25) is 0 Å². The Kier molecular flexibility index (Phi) is 4.10. The van der Waals surface area contributed by atoms with E-state index in [0.717, 1.165) is 15.6 Å². The third kappa shape index (κ3) is 2.94.